The number of rotatable bonds is 9. The van der Waals surface area contributed by atoms with Gasteiger partial charge >= 0.3 is 6.03 Å². The van der Waals surface area contributed by atoms with Gasteiger partial charge in [-0.3, -0.25) is 14.6 Å². The molecule has 2 atom stereocenters. The number of para-hydroxylation sites is 1. The fourth-order valence-electron chi connectivity index (χ4n) is 6.50. The highest BCUT2D eigenvalue weighted by molar-refractivity contribution is 6.33. The van der Waals surface area contributed by atoms with Gasteiger partial charge in [0, 0.05) is 32.7 Å². The minimum absolute atomic E-state index is 0.00404. The number of halogens is 1. The van der Waals surface area contributed by atoms with Gasteiger partial charge in [-0.15, -0.1) is 0 Å². The number of morpholine rings is 1. The van der Waals surface area contributed by atoms with E-state index in [2.05, 4.69) is 10.2 Å². The van der Waals surface area contributed by atoms with E-state index in [1.165, 1.54) is 0 Å². The molecule has 45 heavy (non-hydrogen) atoms. The number of amides is 4. The third-order valence-corrected chi connectivity index (χ3v) is 8.90. The van der Waals surface area contributed by atoms with Crippen LogP contribution in [0.15, 0.2) is 78.9 Å². The molecule has 0 bridgehead atoms. The van der Waals surface area contributed by atoms with Gasteiger partial charge in [0.15, 0.2) is 0 Å². The van der Waals surface area contributed by atoms with E-state index in [4.69, 9.17) is 16.3 Å². The summed E-state index contributed by atoms with van der Waals surface area (Å²) in [6.45, 7) is 6.00. The van der Waals surface area contributed by atoms with Gasteiger partial charge in [-0.1, -0.05) is 91.3 Å². The molecule has 3 aliphatic heterocycles. The van der Waals surface area contributed by atoms with Crippen molar-refractivity contribution in [3.63, 3.8) is 0 Å². The van der Waals surface area contributed by atoms with Crippen molar-refractivity contribution in [2.24, 2.45) is 0 Å². The van der Waals surface area contributed by atoms with E-state index in [1.807, 2.05) is 95.7 Å². The minimum Gasteiger partial charge on any atom is -0.378 e. The maximum Gasteiger partial charge on any atom is 0.332 e. The molecule has 236 valence electrons. The van der Waals surface area contributed by atoms with Crippen LogP contribution in [0.3, 0.4) is 0 Å². The molecule has 3 aromatic rings. The first kappa shape index (κ1) is 30.9. The first-order valence-corrected chi connectivity index (χ1v) is 15.9. The number of carbonyl (C=O) groups excluding carboxylic acids is 3. The van der Waals surface area contributed by atoms with E-state index in [9.17, 15) is 14.4 Å². The Kier molecular flexibility index (Phi) is 9.53. The third kappa shape index (κ3) is 6.49. The second-order valence-corrected chi connectivity index (χ2v) is 11.9. The average molecular weight is 631 g/mol. The predicted molar refractivity (Wildman–Crippen MR) is 172 cm³/mol. The summed E-state index contributed by atoms with van der Waals surface area (Å²) in [5.74, 6) is -0.341. The number of hydrogen-bond donors (Lipinski definition) is 1. The molecule has 4 amide bonds. The number of piperazine rings is 1. The summed E-state index contributed by atoms with van der Waals surface area (Å²) in [5.41, 5.74) is 3.56. The van der Waals surface area contributed by atoms with Crippen molar-refractivity contribution in [1.29, 1.82) is 0 Å². The second kappa shape index (κ2) is 13.9. The normalized spacial score (nSPS) is 20.4. The Labute approximate surface area is 269 Å². The quantitative estimate of drug-likeness (QED) is 0.380. The van der Waals surface area contributed by atoms with E-state index in [0.29, 0.717) is 57.4 Å². The molecule has 3 aliphatic rings. The topological polar surface area (TPSA) is 88.7 Å². The number of benzene rings is 3. The zero-order chi connectivity index (χ0) is 31.3. The van der Waals surface area contributed by atoms with Gasteiger partial charge in [0.25, 0.3) is 5.91 Å². The minimum atomic E-state index is -0.815. The zero-order valence-corrected chi connectivity index (χ0v) is 26.2. The first-order chi connectivity index (χ1) is 22.0. The highest BCUT2D eigenvalue weighted by Gasteiger charge is 2.52. The molecular weight excluding hydrogens is 592 g/mol. The molecule has 3 saturated heterocycles. The maximum absolute atomic E-state index is 14.3. The number of fused-ring (bicyclic) bond motifs is 1. The van der Waals surface area contributed by atoms with Gasteiger partial charge < -0.3 is 24.8 Å². The highest BCUT2D eigenvalue weighted by atomic mass is 35.5. The Morgan fingerprint density at radius 2 is 1.69 bits per heavy atom. The largest absolute Gasteiger partial charge is 0.378 e. The summed E-state index contributed by atoms with van der Waals surface area (Å²) >= 11 is 6.76. The number of nitrogens with one attached hydrogen (secondary N) is 1. The van der Waals surface area contributed by atoms with Crippen LogP contribution >= 0.6 is 11.6 Å². The lowest BCUT2D eigenvalue weighted by Gasteiger charge is -2.46. The van der Waals surface area contributed by atoms with E-state index < -0.39 is 12.2 Å². The van der Waals surface area contributed by atoms with Gasteiger partial charge in [-0.05, 0) is 29.2 Å². The van der Waals surface area contributed by atoms with Crippen LogP contribution in [0.2, 0.25) is 5.02 Å². The molecule has 10 nitrogen and oxygen atoms in total. The standard InChI is InChI=1S/C34H39ClN6O4/c1-2-16-39(34(44)36-21-25-10-5-3-6-11-25)40-24-30(42)41-29(40)23-38(33(43)32(41)26-12-7-4-8-13-26)22-27-14-9-15-28(35)31(27)37-17-19-45-20-18-37/h3-15,29,32H,2,16-24H2,1H3,(H,36,44)/t29-,32+/m1/s1. The summed E-state index contributed by atoms with van der Waals surface area (Å²) in [6.07, 6.45) is 0.173. The number of hydrazine groups is 1. The van der Waals surface area contributed by atoms with E-state index in [-0.39, 0.29) is 30.9 Å². The Balaban J connectivity index is 1.32. The summed E-state index contributed by atoms with van der Waals surface area (Å²) in [7, 11) is 0. The lowest BCUT2D eigenvalue weighted by Crippen LogP contribution is -2.63. The van der Waals surface area contributed by atoms with E-state index >= 15 is 0 Å². The molecule has 0 unspecified atom stereocenters. The van der Waals surface area contributed by atoms with Crippen LogP contribution in [0.1, 0.15) is 36.1 Å². The molecular formula is C34H39ClN6O4. The van der Waals surface area contributed by atoms with E-state index in [1.54, 1.807) is 9.91 Å². The van der Waals surface area contributed by atoms with Gasteiger partial charge in [-0.2, -0.15) is 5.01 Å². The second-order valence-electron chi connectivity index (χ2n) is 11.5. The fourth-order valence-corrected chi connectivity index (χ4v) is 6.81. The molecule has 0 aliphatic carbocycles. The molecule has 0 spiro atoms. The van der Waals surface area contributed by atoms with Crippen LogP contribution in [-0.4, -0.2) is 89.8 Å². The lowest BCUT2D eigenvalue weighted by atomic mass is 9.99. The monoisotopic (exact) mass is 630 g/mol. The SMILES string of the molecule is CCCN(C(=O)NCc1ccccc1)N1CC(=O)N2[C@@H](c3ccccc3)C(=O)N(Cc3cccc(Cl)c3N3CCOCC3)C[C@@H]21. The molecule has 1 N–H and O–H groups in total. The zero-order valence-electron chi connectivity index (χ0n) is 25.5. The maximum atomic E-state index is 14.3. The lowest BCUT2D eigenvalue weighted by molar-refractivity contribution is -0.158. The Morgan fingerprint density at radius 1 is 0.978 bits per heavy atom. The number of ether oxygens (including phenoxy) is 1. The smallest absolute Gasteiger partial charge is 0.332 e. The highest BCUT2D eigenvalue weighted by Crippen LogP contribution is 2.38. The molecule has 0 radical (unpaired) electrons. The van der Waals surface area contributed by atoms with Crippen LogP contribution in [0.5, 0.6) is 0 Å². The van der Waals surface area contributed by atoms with Gasteiger partial charge in [0.05, 0.1) is 37.0 Å². The average Bonchev–Trinajstić information content (AvgIpc) is 3.39. The van der Waals surface area contributed by atoms with Crippen LogP contribution < -0.4 is 10.2 Å². The van der Waals surface area contributed by atoms with E-state index in [0.717, 1.165) is 22.4 Å². The molecule has 6 rings (SSSR count). The summed E-state index contributed by atoms with van der Waals surface area (Å²) in [6, 6.07) is 23.8. The van der Waals surface area contributed by atoms with Crippen molar-refractivity contribution in [2.75, 3.05) is 50.8 Å². The number of nitrogens with zero attached hydrogens (tertiary/aromatic N) is 5. The van der Waals surface area contributed by atoms with Crippen molar-refractivity contribution in [2.45, 2.75) is 38.6 Å². The number of carbonyl (C=O) groups is 3. The van der Waals surface area contributed by atoms with Crippen LogP contribution in [0.25, 0.3) is 0 Å². The van der Waals surface area contributed by atoms with Crippen molar-refractivity contribution in [3.05, 3.63) is 101 Å². The molecule has 0 saturated carbocycles. The van der Waals surface area contributed by atoms with Crippen LogP contribution in [0, 0.1) is 0 Å². The predicted octanol–water partition coefficient (Wildman–Crippen LogP) is 4.27. The van der Waals surface area contributed by atoms with Gasteiger partial charge in [0.2, 0.25) is 5.91 Å². The van der Waals surface area contributed by atoms with Crippen LogP contribution in [0.4, 0.5) is 10.5 Å². The Bertz CT molecular complexity index is 1500. The number of hydrogen-bond acceptors (Lipinski definition) is 6. The molecule has 3 heterocycles. The van der Waals surface area contributed by atoms with Crippen molar-refractivity contribution in [1.82, 2.24) is 25.1 Å². The van der Waals surface area contributed by atoms with Gasteiger partial charge in [0.1, 0.15) is 12.2 Å². The molecule has 0 aromatic heterocycles. The molecule has 3 fully saturated rings. The Hall–Kier alpha value is -4.12. The molecule has 3 aromatic carbocycles. The van der Waals surface area contributed by atoms with Crippen molar-refractivity contribution < 1.29 is 19.1 Å². The number of anilines is 1. The number of urea groups is 1. The summed E-state index contributed by atoms with van der Waals surface area (Å²) < 4.78 is 5.57. The Morgan fingerprint density at radius 3 is 2.40 bits per heavy atom. The first-order valence-electron chi connectivity index (χ1n) is 15.6. The third-order valence-electron chi connectivity index (χ3n) is 8.60. The van der Waals surface area contributed by atoms with Crippen molar-refractivity contribution in [3.8, 4) is 0 Å². The summed E-state index contributed by atoms with van der Waals surface area (Å²) in [5, 5.41) is 7.13. The van der Waals surface area contributed by atoms with Crippen molar-refractivity contribution >= 4 is 35.1 Å². The van der Waals surface area contributed by atoms with Gasteiger partial charge in [-0.25, -0.2) is 4.79 Å². The fraction of sp³-hybridized carbons (Fsp3) is 0.382. The van der Waals surface area contributed by atoms with Crippen LogP contribution in [-0.2, 0) is 27.4 Å². The molecule has 11 heteroatoms. The summed E-state index contributed by atoms with van der Waals surface area (Å²) in [4.78, 5) is 47.4.